The molecule has 0 aliphatic rings. The van der Waals surface area contributed by atoms with Gasteiger partial charge in [-0.05, 0) is 57.9 Å². The van der Waals surface area contributed by atoms with E-state index in [1.165, 1.54) is 12.1 Å². The topological polar surface area (TPSA) is 62.1 Å². The average molecular weight is 581 g/mol. The fourth-order valence-electron chi connectivity index (χ4n) is 2.66. The zero-order valence-corrected chi connectivity index (χ0v) is 20.5. The molecular weight excluding hydrogens is 567 g/mol. The van der Waals surface area contributed by atoms with Crippen LogP contribution >= 0.6 is 55.1 Å². The fraction of sp³-hybridized carbons (Fsp3) is 0.0435. The van der Waals surface area contributed by atoms with E-state index in [0.29, 0.717) is 38.1 Å². The Kier molecular flexibility index (Phi) is 8.16. The molecule has 0 radical (unpaired) electrons. The molecule has 0 aromatic heterocycles. The standard InChI is InChI=1S/C23H14Br2Cl2N2O2/c24-17-9-15(22(19(25)10-17)31-13-14-4-2-1-3-5-14)8-16(12-28)23(30)29-21-11-18(26)6-7-20(21)27/h1-11H,13H2,(H,29,30)/b16-8+. The lowest BCUT2D eigenvalue weighted by Gasteiger charge is -2.13. The van der Waals surface area contributed by atoms with E-state index in [9.17, 15) is 10.1 Å². The Morgan fingerprint density at radius 3 is 2.55 bits per heavy atom. The maximum absolute atomic E-state index is 12.7. The summed E-state index contributed by atoms with van der Waals surface area (Å²) in [6.45, 7) is 0.327. The van der Waals surface area contributed by atoms with Gasteiger partial charge in [0, 0.05) is 15.1 Å². The number of ether oxygens (including phenoxy) is 1. The number of rotatable bonds is 6. The summed E-state index contributed by atoms with van der Waals surface area (Å²) in [6.07, 6.45) is 1.46. The monoisotopic (exact) mass is 578 g/mol. The molecule has 3 rings (SSSR count). The van der Waals surface area contributed by atoms with E-state index in [0.717, 1.165) is 10.0 Å². The predicted octanol–water partition coefficient (Wildman–Crippen LogP) is 7.64. The molecule has 1 N–H and O–H groups in total. The lowest BCUT2D eigenvalue weighted by Crippen LogP contribution is -2.14. The van der Waals surface area contributed by atoms with Crippen molar-refractivity contribution in [3.63, 3.8) is 0 Å². The minimum atomic E-state index is -0.614. The summed E-state index contributed by atoms with van der Waals surface area (Å²) in [7, 11) is 0. The second-order valence-electron chi connectivity index (χ2n) is 6.33. The second kappa shape index (κ2) is 10.8. The van der Waals surface area contributed by atoms with Crippen LogP contribution in [-0.4, -0.2) is 5.91 Å². The molecule has 0 bridgehead atoms. The molecule has 0 unspecified atom stereocenters. The molecule has 0 atom stereocenters. The van der Waals surface area contributed by atoms with Gasteiger partial charge in [-0.2, -0.15) is 5.26 Å². The van der Waals surface area contributed by atoms with Gasteiger partial charge >= 0.3 is 0 Å². The van der Waals surface area contributed by atoms with Gasteiger partial charge in [0.15, 0.2) is 0 Å². The van der Waals surface area contributed by atoms with E-state index in [1.807, 2.05) is 42.5 Å². The van der Waals surface area contributed by atoms with E-state index in [-0.39, 0.29) is 5.57 Å². The lowest BCUT2D eigenvalue weighted by molar-refractivity contribution is -0.112. The van der Waals surface area contributed by atoms with Crippen LogP contribution < -0.4 is 10.1 Å². The van der Waals surface area contributed by atoms with Crippen LogP contribution in [0.5, 0.6) is 5.75 Å². The number of anilines is 1. The molecule has 3 aromatic rings. The Labute approximate surface area is 206 Å². The fourth-order valence-corrected chi connectivity index (χ4v) is 4.37. The highest BCUT2D eigenvalue weighted by atomic mass is 79.9. The summed E-state index contributed by atoms with van der Waals surface area (Å²) in [4.78, 5) is 12.7. The number of nitrogens with zero attached hydrogens (tertiary/aromatic N) is 1. The highest BCUT2D eigenvalue weighted by Crippen LogP contribution is 2.35. The minimum Gasteiger partial charge on any atom is -0.487 e. The molecule has 31 heavy (non-hydrogen) atoms. The highest BCUT2D eigenvalue weighted by Gasteiger charge is 2.15. The molecule has 0 saturated carbocycles. The van der Waals surface area contributed by atoms with Gasteiger partial charge in [-0.15, -0.1) is 0 Å². The molecule has 0 aliphatic heterocycles. The summed E-state index contributed by atoms with van der Waals surface area (Å²) in [5, 5.41) is 12.9. The van der Waals surface area contributed by atoms with E-state index in [1.54, 1.807) is 18.2 Å². The third-order valence-corrected chi connectivity index (χ3v) is 5.72. The first kappa shape index (κ1) is 23.4. The summed E-state index contributed by atoms with van der Waals surface area (Å²) in [5.41, 5.74) is 1.74. The molecule has 1 amide bonds. The first-order valence-electron chi connectivity index (χ1n) is 8.91. The van der Waals surface area contributed by atoms with Gasteiger partial charge in [-0.3, -0.25) is 4.79 Å². The van der Waals surface area contributed by atoms with Gasteiger partial charge in [-0.1, -0.05) is 69.5 Å². The van der Waals surface area contributed by atoms with Gasteiger partial charge in [0.1, 0.15) is 24.0 Å². The van der Waals surface area contributed by atoms with Gasteiger partial charge in [0.25, 0.3) is 5.91 Å². The van der Waals surface area contributed by atoms with E-state index < -0.39 is 5.91 Å². The smallest absolute Gasteiger partial charge is 0.266 e. The third-order valence-electron chi connectivity index (χ3n) is 4.10. The van der Waals surface area contributed by atoms with Crippen LogP contribution in [0.2, 0.25) is 10.0 Å². The zero-order chi connectivity index (χ0) is 22.4. The van der Waals surface area contributed by atoms with Crippen molar-refractivity contribution in [3.05, 3.63) is 96.4 Å². The van der Waals surface area contributed by atoms with Crippen molar-refractivity contribution < 1.29 is 9.53 Å². The van der Waals surface area contributed by atoms with Gasteiger partial charge in [0.2, 0.25) is 0 Å². The molecule has 156 valence electrons. The van der Waals surface area contributed by atoms with Crippen molar-refractivity contribution in [1.29, 1.82) is 5.26 Å². The largest absolute Gasteiger partial charge is 0.487 e. The first-order chi connectivity index (χ1) is 14.9. The number of benzene rings is 3. The molecule has 0 heterocycles. The number of hydrogen-bond donors (Lipinski definition) is 1. The number of halogens is 4. The Hall–Kier alpha value is -2.30. The van der Waals surface area contributed by atoms with Crippen molar-refractivity contribution in [2.75, 3.05) is 5.32 Å². The normalized spacial score (nSPS) is 11.0. The Bertz CT molecular complexity index is 1190. The SMILES string of the molecule is N#C/C(=C\c1cc(Br)cc(Br)c1OCc1ccccc1)C(=O)Nc1cc(Cl)ccc1Cl. The van der Waals surface area contributed by atoms with E-state index in [4.69, 9.17) is 27.9 Å². The van der Waals surface area contributed by atoms with Crippen LogP contribution in [0.25, 0.3) is 6.08 Å². The number of nitrogens with one attached hydrogen (secondary N) is 1. The Balaban J connectivity index is 1.91. The first-order valence-corrected chi connectivity index (χ1v) is 11.3. The van der Waals surface area contributed by atoms with Gasteiger partial charge in [0.05, 0.1) is 15.2 Å². The maximum Gasteiger partial charge on any atom is 0.266 e. The minimum absolute atomic E-state index is 0.120. The van der Waals surface area contributed by atoms with Crippen LogP contribution in [-0.2, 0) is 11.4 Å². The summed E-state index contributed by atoms with van der Waals surface area (Å²) in [5.74, 6) is -0.106. The lowest BCUT2D eigenvalue weighted by atomic mass is 10.1. The van der Waals surface area contributed by atoms with Crippen LogP contribution in [0.3, 0.4) is 0 Å². The van der Waals surface area contributed by atoms with Crippen LogP contribution in [0.15, 0.2) is 75.2 Å². The summed E-state index contributed by atoms with van der Waals surface area (Å²) < 4.78 is 7.43. The number of nitriles is 1. The van der Waals surface area contributed by atoms with Gasteiger partial charge in [-0.25, -0.2) is 0 Å². The number of carbonyl (C=O) groups is 1. The predicted molar refractivity (Wildman–Crippen MR) is 131 cm³/mol. The Morgan fingerprint density at radius 2 is 1.84 bits per heavy atom. The van der Waals surface area contributed by atoms with Crippen molar-refractivity contribution in [3.8, 4) is 11.8 Å². The molecular formula is C23H14Br2Cl2N2O2. The van der Waals surface area contributed by atoms with Crippen LogP contribution in [0, 0.1) is 11.3 Å². The maximum atomic E-state index is 12.7. The zero-order valence-electron chi connectivity index (χ0n) is 15.8. The highest BCUT2D eigenvalue weighted by molar-refractivity contribution is 9.11. The molecule has 0 fully saturated rings. The summed E-state index contributed by atoms with van der Waals surface area (Å²) in [6, 6.07) is 19.9. The van der Waals surface area contributed by atoms with E-state index >= 15 is 0 Å². The molecule has 8 heteroatoms. The number of hydrogen-bond acceptors (Lipinski definition) is 3. The Morgan fingerprint density at radius 1 is 1.10 bits per heavy atom. The van der Waals surface area contributed by atoms with E-state index in [2.05, 4.69) is 37.2 Å². The molecule has 3 aromatic carbocycles. The van der Waals surface area contributed by atoms with Crippen LogP contribution in [0.1, 0.15) is 11.1 Å². The van der Waals surface area contributed by atoms with Crippen molar-refractivity contribution >= 4 is 72.7 Å². The van der Waals surface area contributed by atoms with Gasteiger partial charge < -0.3 is 10.1 Å². The second-order valence-corrected chi connectivity index (χ2v) is 8.94. The molecule has 0 aliphatic carbocycles. The third kappa shape index (κ3) is 6.34. The summed E-state index contributed by atoms with van der Waals surface area (Å²) >= 11 is 19.0. The molecule has 0 saturated heterocycles. The van der Waals surface area contributed by atoms with Crippen molar-refractivity contribution in [1.82, 2.24) is 0 Å². The van der Waals surface area contributed by atoms with Crippen molar-refractivity contribution in [2.24, 2.45) is 0 Å². The number of amides is 1. The molecule has 4 nitrogen and oxygen atoms in total. The average Bonchev–Trinajstić information content (AvgIpc) is 2.74. The van der Waals surface area contributed by atoms with Crippen LogP contribution in [0.4, 0.5) is 5.69 Å². The quantitative estimate of drug-likeness (QED) is 0.241. The molecule has 0 spiro atoms. The van der Waals surface area contributed by atoms with Crippen molar-refractivity contribution in [2.45, 2.75) is 6.61 Å². The number of carbonyl (C=O) groups excluding carboxylic acids is 1.